The van der Waals surface area contributed by atoms with E-state index in [1.165, 1.54) is 0 Å². The third kappa shape index (κ3) is 2.42. The molecule has 0 radical (unpaired) electrons. The second-order valence-electron chi connectivity index (χ2n) is 1.67. The molecule has 0 aliphatic rings. The fourth-order valence-corrected chi connectivity index (χ4v) is 0.911. The van der Waals surface area contributed by atoms with Gasteiger partial charge in [-0.1, -0.05) is 29.3 Å². The van der Waals surface area contributed by atoms with Crippen LogP contribution in [0, 0.1) is 0 Å². The van der Waals surface area contributed by atoms with Crippen LogP contribution in [0.1, 0.15) is 0 Å². The maximum Gasteiger partial charge on any atom is 0.166 e. The van der Waals surface area contributed by atoms with Gasteiger partial charge in [0.25, 0.3) is 0 Å². The average molecular weight is 214 g/mol. The fourth-order valence-electron chi connectivity index (χ4n) is 0.575. The normalized spacial score (nSPS) is 8.64. The van der Waals surface area contributed by atoms with Gasteiger partial charge in [-0.3, -0.25) is 0 Å². The van der Waals surface area contributed by atoms with Crippen LogP contribution in [0.5, 0.6) is 5.75 Å². The molecule has 0 saturated heterocycles. The first-order valence-corrected chi connectivity index (χ1v) is 3.32. The highest BCUT2D eigenvalue weighted by Crippen LogP contribution is 2.30. The van der Waals surface area contributed by atoms with E-state index < -0.39 is 0 Å². The van der Waals surface area contributed by atoms with E-state index >= 15 is 0 Å². The van der Waals surface area contributed by atoms with Crippen molar-refractivity contribution < 1.29 is 4.84 Å². The van der Waals surface area contributed by atoms with Crippen LogP contribution in [0.3, 0.4) is 0 Å². The first kappa shape index (κ1) is 10.8. The summed E-state index contributed by atoms with van der Waals surface area (Å²) in [7, 11) is 0. The van der Waals surface area contributed by atoms with Gasteiger partial charge in [0.2, 0.25) is 0 Å². The summed E-state index contributed by atoms with van der Waals surface area (Å²) in [6.07, 6.45) is 0. The third-order valence-electron chi connectivity index (χ3n) is 1.04. The summed E-state index contributed by atoms with van der Waals surface area (Å²) >= 11 is 11.3. The molecule has 62 valence electrons. The molecule has 2 nitrogen and oxygen atoms in total. The van der Waals surface area contributed by atoms with Crippen LogP contribution in [0.15, 0.2) is 18.2 Å². The van der Waals surface area contributed by atoms with Crippen molar-refractivity contribution >= 4 is 35.6 Å². The van der Waals surface area contributed by atoms with Crippen molar-refractivity contribution in [2.75, 3.05) is 0 Å². The summed E-state index contributed by atoms with van der Waals surface area (Å²) < 4.78 is 0. The van der Waals surface area contributed by atoms with E-state index in [0.717, 1.165) is 0 Å². The van der Waals surface area contributed by atoms with Gasteiger partial charge in [-0.2, -0.15) is 5.90 Å². The van der Waals surface area contributed by atoms with Gasteiger partial charge in [0.05, 0.1) is 5.02 Å². The molecule has 0 unspecified atom stereocenters. The third-order valence-corrected chi connectivity index (χ3v) is 1.84. The number of rotatable bonds is 1. The van der Waals surface area contributed by atoms with Crippen LogP contribution in [-0.4, -0.2) is 0 Å². The second-order valence-corrected chi connectivity index (χ2v) is 2.45. The molecule has 2 N–H and O–H groups in total. The van der Waals surface area contributed by atoms with Crippen LogP contribution in [-0.2, 0) is 0 Å². The molecule has 0 amide bonds. The van der Waals surface area contributed by atoms with Gasteiger partial charge < -0.3 is 4.84 Å². The van der Waals surface area contributed by atoms with Gasteiger partial charge >= 0.3 is 0 Å². The summed E-state index contributed by atoms with van der Waals surface area (Å²) in [5, 5.41) is 0.774. The van der Waals surface area contributed by atoms with Crippen LogP contribution in [0.4, 0.5) is 0 Å². The van der Waals surface area contributed by atoms with E-state index in [4.69, 9.17) is 29.1 Å². The van der Waals surface area contributed by atoms with Gasteiger partial charge in [0, 0.05) is 0 Å². The van der Waals surface area contributed by atoms with Crippen molar-refractivity contribution in [3.63, 3.8) is 0 Å². The predicted octanol–water partition coefficient (Wildman–Crippen LogP) is 2.67. The molecule has 0 atom stereocenters. The Morgan fingerprint density at radius 3 is 2.36 bits per heavy atom. The number of hydrogen-bond acceptors (Lipinski definition) is 2. The van der Waals surface area contributed by atoms with Gasteiger partial charge in [0.1, 0.15) is 5.02 Å². The standard InChI is InChI=1S/C6H5Cl2NO.ClH/c7-4-2-1-3-5(10-9)6(4)8;/h1-3H,9H2;1H. The number of halogens is 3. The summed E-state index contributed by atoms with van der Waals surface area (Å²) in [6.45, 7) is 0. The van der Waals surface area contributed by atoms with E-state index in [-0.39, 0.29) is 12.4 Å². The minimum Gasteiger partial charge on any atom is -0.410 e. The SMILES string of the molecule is Cl.NOc1cccc(Cl)c1Cl. The van der Waals surface area contributed by atoms with Crippen molar-refractivity contribution in [3.05, 3.63) is 28.2 Å². The topological polar surface area (TPSA) is 35.2 Å². The highest BCUT2D eigenvalue weighted by atomic mass is 35.5. The van der Waals surface area contributed by atoms with Gasteiger partial charge in [0.15, 0.2) is 5.75 Å². The lowest BCUT2D eigenvalue weighted by Gasteiger charge is -2.00. The molecule has 0 fully saturated rings. The van der Waals surface area contributed by atoms with Gasteiger partial charge in [-0.25, -0.2) is 0 Å². The van der Waals surface area contributed by atoms with Crippen LogP contribution in [0.2, 0.25) is 10.0 Å². The van der Waals surface area contributed by atoms with Crippen molar-refractivity contribution in [2.24, 2.45) is 5.90 Å². The summed E-state index contributed by atoms with van der Waals surface area (Å²) in [5.41, 5.74) is 0. The van der Waals surface area contributed by atoms with E-state index in [0.29, 0.717) is 15.8 Å². The Hall–Kier alpha value is -0.150. The Kier molecular flexibility index (Phi) is 4.61. The summed E-state index contributed by atoms with van der Waals surface area (Å²) in [6, 6.07) is 5.00. The zero-order chi connectivity index (χ0) is 7.56. The lowest BCUT2D eigenvalue weighted by Crippen LogP contribution is -2.01. The molecule has 0 bridgehead atoms. The quantitative estimate of drug-likeness (QED) is 0.730. The fraction of sp³-hybridized carbons (Fsp3) is 0. The highest BCUT2D eigenvalue weighted by molar-refractivity contribution is 6.42. The molecule has 1 rings (SSSR count). The van der Waals surface area contributed by atoms with Crippen molar-refractivity contribution in [3.8, 4) is 5.75 Å². The minimum absolute atomic E-state index is 0. The summed E-state index contributed by atoms with van der Waals surface area (Å²) in [4.78, 5) is 4.41. The Morgan fingerprint density at radius 1 is 1.27 bits per heavy atom. The lowest BCUT2D eigenvalue weighted by molar-refractivity contribution is 0.335. The second kappa shape index (κ2) is 4.67. The molecular formula is C6H6Cl3NO. The van der Waals surface area contributed by atoms with Crippen molar-refractivity contribution in [2.45, 2.75) is 0 Å². The smallest absolute Gasteiger partial charge is 0.166 e. The van der Waals surface area contributed by atoms with Crippen LogP contribution >= 0.6 is 35.6 Å². The zero-order valence-corrected chi connectivity index (χ0v) is 7.71. The minimum atomic E-state index is 0. The molecule has 11 heavy (non-hydrogen) atoms. The first-order chi connectivity index (χ1) is 4.75. The molecule has 5 heteroatoms. The predicted molar refractivity (Wildman–Crippen MR) is 48.5 cm³/mol. The number of nitrogens with two attached hydrogens (primary N) is 1. The number of benzene rings is 1. The number of hydrogen-bond donors (Lipinski definition) is 1. The van der Waals surface area contributed by atoms with E-state index in [9.17, 15) is 0 Å². The lowest BCUT2D eigenvalue weighted by atomic mass is 10.3. The largest absolute Gasteiger partial charge is 0.410 e. The molecule has 0 heterocycles. The Morgan fingerprint density at radius 2 is 1.91 bits per heavy atom. The Balaban J connectivity index is 0.000001000. The highest BCUT2D eigenvalue weighted by Gasteiger charge is 2.02. The van der Waals surface area contributed by atoms with Gasteiger partial charge in [-0.15, -0.1) is 12.4 Å². The molecule has 0 saturated carbocycles. The molecule has 0 aliphatic heterocycles. The zero-order valence-electron chi connectivity index (χ0n) is 5.38. The molecule has 0 aromatic heterocycles. The Bertz CT molecular complexity index is 241. The van der Waals surface area contributed by atoms with Crippen LogP contribution in [0.25, 0.3) is 0 Å². The molecule has 0 spiro atoms. The maximum atomic E-state index is 5.66. The van der Waals surface area contributed by atoms with E-state index in [1.807, 2.05) is 0 Å². The molecule has 1 aromatic carbocycles. The van der Waals surface area contributed by atoms with Gasteiger partial charge in [-0.05, 0) is 12.1 Å². The van der Waals surface area contributed by atoms with Crippen LogP contribution < -0.4 is 10.7 Å². The van der Waals surface area contributed by atoms with Crippen molar-refractivity contribution in [1.29, 1.82) is 0 Å². The van der Waals surface area contributed by atoms with E-state index in [2.05, 4.69) is 4.84 Å². The molecular weight excluding hydrogens is 208 g/mol. The average Bonchev–Trinajstić information content (AvgIpc) is 1.95. The molecule has 0 aliphatic carbocycles. The monoisotopic (exact) mass is 213 g/mol. The molecule has 1 aromatic rings. The Labute approximate surface area is 80.6 Å². The van der Waals surface area contributed by atoms with Crippen molar-refractivity contribution in [1.82, 2.24) is 0 Å². The first-order valence-electron chi connectivity index (χ1n) is 2.56. The maximum absolute atomic E-state index is 5.66. The van der Waals surface area contributed by atoms with E-state index in [1.54, 1.807) is 18.2 Å². The summed E-state index contributed by atoms with van der Waals surface area (Å²) in [5.74, 6) is 5.26.